The summed E-state index contributed by atoms with van der Waals surface area (Å²) >= 11 is 0. The van der Waals surface area contributed by atoms with Crippen LogP contribution in [0.25, 0.3) is 6.08 Å². The van der Waals surface area contributed by atoms with E-state index < -0.39 is 0 Å². The molecule has 1 saturated heterocycles. The van der Waals surface area contributed by atoms with Gasteiger partial charge in [-0.15, -0.1) is 0 Å². The first-order valence-electron chi connectivity index (χ1n) is 6.11. The van der Waals surface area contributed by atoms with Crippen LogP contribution in [0.1, 0.15) is 11.1 Å². The van der Waals surface area contributed by atoms with E-state index in [0.717, 1.165) is 26.3 Å². The van der Waals surface area contributed by atoms with Crippen LogP contribution in [0.2, 0.25) is 0 Å². The molecule has 0 saturated carbocycles. The Morgan fingerprint density at radius 2 is 2.12 bits per heavy atom. The number of ether oxygens (including phenoxy) is 1. The average Bonchev–Trinajstić information content (AvgIpc) is 2.37. The molecule has 0 unspecified atom stereocenters. The molecule has 17 heavy (non-hydrogen) atoms. The second-order valence-electron chi connectivity index (χ2n) is 4.30. The highest BCUT2D eigenvalue weighted by molar-refractivity contribution is 5.68. The molecule has 1 aromatic carbocycles. The summed E-state index contributed by atoms with van der Waals surface area (Å²) in [5, 5.41) is 0. The number of morpholine rings is 1. The summed E-state index contributed by atoms with van der Waals surface area (Å²) in [6, 6.07) is 6.55. The fourth-order valence-corrected chi connectivity index (χ4v) is 2.09. The van der Waals surface area contributed by atoms with E-state index in [2.05, 4.69) is 36.1 Å². The molecule has 1 aliphatic rings. The molecule has 1 aromatic rings. The first-order valence-corrected chi connectivity index (χ1v) is 6.11. The molecule has 3 heteroatoms. The zero-order valence-corrected chi connectivity index (χ0v) is 10.4. The van der Waals surface area contributed by atoms with E-state index >= 15 is 0 Å². The molecule has 2 rings (SSSR count). The molecule has 92 valence electrons. The monoisotopic (exact) mass is 232 g/mol. The van der Waals surface area contributed by atoms with Crippen LogP contribution in [-0.2, 0) is 4.74 Å². The number of hydrogen-bond acceptors (Lipinski definition) is 3. The summed E-state index contributed by atoms with van der Waals surface area (Å²) in [4.78, 5) is 2.37. The highest BCUT2D eigenvalue weighted by atomic mass is 16.5. The van der Waals surface area contributed by atoms with Gasteiger partial charge in [0.1, 0.15) is 0 Å². The Hall–Kier alpha value is -1.32. The van der Waals surface area contributed by atoms with Gasteiger partial charge in [-0.2, -0.15) is 0 Å². The van der Waals surface area contributed by atoms with Gasteiger partial charge in [0.15, 0.2) is 0 Å². The molecule has 3 nitrogen and oxygen atoms in total. The minimum Gasteiger partial charge on any atom is -0.378 e. The molecule has 1 fully saturated rings. The van der Waals surface area contributed by atoms with Gasteiger partial charge >= 0.3 is 0 Å². The Kier molecular flexibility index (Phi) is 4.18. The Labute approximate surface area is 103 Å². The maximum absolute atomic E-state index is 5.52. The van der Waals surface area contributed by atoms with E-state index in [1.807, 2.05) is 6.08 Å². The average molecular weight is 232 g/mol. The van der Waals surface area contributed by atoms with E-state index in [9.17, 15) is 0 Å². The normalized spacial score (nSPS) is 16.7. The molecule has 0 atom stereocenters. The van der Waals surface area contributed by atoms with Gasteiger partial charge in [0, 0.05) is 25.3 Å². The summed E-state index contributed by atoms with van der Waals surface area (Å²) in [6.45, 7) is 6.25. The third kappa shape index (κ3) is 3.08. The first kappa shape index (κ1) is 12.1. The summed E-state index contributed by atoms with van der Waals surface area (Å²) < 4.78 is 5.39. The maximum atomic E-state index is 5.52. The molecule has 1 heterocycles. The first-order chi connectivity index (χ1) is 8.31. The second-order valence-corrected chi connectivity index (χ2v) is 4.30. The summed E-state index contributed by atoms with van der Waals surface area (Å²) in [5.74, 6) is 0. The molecular weight excluding hydrogens is 212 g/mol. The Balaban J connectivity index is 2.27. The number of hydrogen-bond donors (Lipinski definition) is 1. The number of rotatable bonds is 3. The van der Waals surface area contributed by atoms with Crippen LogP contribution >= 0.6 is 0 Å². The molecule has 0 bridgehead atoms. The van der Waals surface area contributed by atoms with Crippen LogP contribution in [0, 0.1) is 6.92 Å². The van der Waals surface area contributed by atoms with Gasteiger partial charge in [0.2, 0.25) is 0 Å². The predicted octanol–water partition coefficient (Wildman–Crippen LogP) is 1.80. The molecule has 0 radical (unpaired) electrons. The molecule has 1 aliphatic heterocycles. The number of benzene rings is 1. The third-order valence-corrected chi connectivity index (χ3v) is 2.97. The van der Waals surface area contributed by atoms with E-state index in [1.165, 1.54) is 16.8 Å². The molecule has 0 aliphatic carbocycles. The van der Waals surface area contributed by atoms with E-state index in [0.29, 0.717) is 6.54 Å². The van der Waals surface area contributed by atoms with Crippen molar-refractivity contribution in [3.63, 3.8) is 0 Å². The predicted molar refractivity (Wildman–Crippen MR) is 72.3 cm³/mol. The zero-order valence-electron chi connectivity index (χ0n) is 10.4. The topological polar surface area (TPSA) is 38.5 Å². The smallest absolute Gasteiger partial charge is 0.0642 e. The number of anilines is 1. The molecule has 0 aromatic heterocycles. The van der Waals surface area contributed by atoms with Crippen molar-refractivity contribution in [2.45, 2.75) is 6.92 Å². The van der Waals surface area contributed by atoms with Crippen molar-refractivity contribution in [2.24, 2.45) is 5.73 Å². The van der Waals surface area contributed by atoms with Crippen LogP contribution in [-0.4, -0.2) is 32.8 Å². The minimum atomic E-state index is 0.580. The molecular formula is C14H20N2O. The van der Waals surface area contributed by atoms with Crippen LogP contribution in [0.15, 0.2) is 24.3 Å². The van der Waals surface area contributed by atoms with Gasteiger partial charge in [-0.1, -0.05) is 23.8 Å². The Morgan fingerprint density at radius 1 is 1.35 bits per heavy atom. The van der Waals surface area contributed by atoms with Crippen molar-refractivity contribution in [3.8, 4) is 0 Å². The highest BCUT2D eigenvalue weighted by Gasteiger charge is 2.13. The minimum absolute atomic E-state index is 0.580. The van der Waals surface area contributed by atoms with Crippen molar-refractivity contribution in [3.05, 3.63) is 35.4 Å². The van der Waals surface area contributed by atoms with Gasteiger partial charge in [-0.25, -0.2) is 0 Å². The van der Waals surface area contributed by atoms with E-state index in [1.54, 1.807) is 0 Å². The van der Waals surface area contributed by atoms with Crippen molar-refractivity contribution in [1.82, 2.24) is 0 Å². The molecule has 2 N–H and O–H groups in total. The molecule has 0 amide bonds. The maximum Gasteiger partial charge on any atom is 0.0642 e. The largest absolute Gasteiger partial charge is 0.378 e. The van der Waals surface area contributed by atoms with Crippen molar-refractivity contribution in [1.29, 1.82) is 0 Å². The van der Waals surface area contributed by atoms with Crippen LogP contribution in [0.4, 0.5) is 5.69 Å². The fraction of sp³-hybridized carbons (Fsp3) is 0.429. The summed E-state index contributed by atoms with van der Waals surface area (Å²) in [7, 11) is 0. The second kappa shape index (κ2) is 5.84. The van der Waals surface area contributed by atoms with Crippen molar-refractivity contribution in [2.75, 3.05) is 37.7 Å². The van der Waals surface area contributed by atoms with Gasteiger partial charge in [-0.3, -0.25) is 0 Å². The Morgan fingerprint density at radius 3 is 2.82 bits per heavy atom. The highest BCUT2D eigenvalue weighted by Crippen LogP contribution is 2.24. The van der Waals surface area contributed by atoms with Gasteiger partial charge in [0.25, 0.3) is 0 Å². The zero-order chi connectivity index (χ0) is 12.1. The molecule has 0 spiro atoms. The van der Waals surface area contributed by atoms with Crippen LogP contribution in [0.5, 0.6) is 0 Å². The summed E-state index contributed by atoms with van der Waals surface area (Å²) in [6.07, 6.45) is 4.11. The lowest BCUT2D eigenvalue weighted by atomic mass is 10.1. The summed E-state index contributed by atoms with van der Waals surface area (Å²) in [5.41, 5.74) is 9.33. The number of nitrogens with zero attached hydrogens (tertiary/aromatic N) is 1. The van der Waals surface area contributed by atoms with Gasteiger partial charge < -0.3 is 15.4 Å². The standard InChI is InChI=1S/C14H20N2O/c1-12-4-5-14(13(11-12)3-2-6-15)16-7-9-17-10-8-16/h2-5,11H,6-10,15H2,1H3/b3-2+. The van der Waals surface area contributed by atoms with Crippen molar-refractivity contribution >= 4 is 11.8 Å². The van der Waals surface area contributed by atoms with Crippen molar-refractivity contribution < 1.29 is 4.74 Å². The van der Waals surface area contributed by atoms with Gasteiger partial charge in [-0.05, 0) is 24.6 Å². The lowest BCUT2D eigenvalue weighted by Crippen LogP contribution is -2.36. The van der Waals surface area contributed by atoms with E-state index in [4.69, 9.17) is 10.5 Å². The third-order valence-electron chi connectivity index (χ3n) is 2.97. The Bertz CT molecular complexity index is 395. The number of nitrogens with two attached hydrogens (primary N) is 1. The van der Waals surface area contributed by atoms with Crippen LogP contribution in [0.3, 0.4) is 0 Å². The lowest BCUT2D eigenvalue weighted by Gasteiger charge is -2.30. The van der Waals surface area contributed by atoms with E-state index in [-0.39, 0.29) is 0 Å². The quantitative estimate of drug-likeness (QED) is 0.863. The SMILES string of the molecule is Cc1ccc(N2CCOCC2)c(/C=C/CN)c1. The lowest BCUT2D eigenvalue weighted by molar-refractivity contribution is 0.122. The number of aryl methyl sites for hydroxylation is 1. The fourth-order valence-electron chi connectivity index (χ4n) is 2.09. The van der Waals surface area contributed by atoms with Crippen LogP contribution < -0.4 is 10.6 Å². The van der Waals surface area contributed by atoms with Gasteiger partial charge in [0.05, 0.1) is 13.2 Å².